The van der Waals surface area contributed by atoms with Crippen LogP contribution in [0.1, 0.15) is 310 Å². The molecule has 1 atom stereocenters. The van der Waals surface area contributed by atoms with Crippen molar-refractivity contribution in [1.82, 2.24) is 0 Å². The predicted octanol–water partition coefficient (Wildman–Crippen LogP) is 22.6. The van der Waals surface area contributed by atoms with Crippen LogP contribution in [0.4, 0.5) is 0 Å². The number of hydrogen-bond donors (Lipinski definition) is 0. The minimum Gasteiger partial charge on any atom is -0.462 e. The molecule has 0 rings (SSSR count). The lowest BCUT2D eigenvalue weighted by molar-refractivity contribution is -0.167. The Morgan fingerprint density at radius 2 is 0.500 bits per heavy atom. The topological polar surface area (TPSA) is 78.9 Å². The monoisotopic (exact) mass is 1080 g/mol. The molecule has 0 fully saturated rings. The first-order valence-corrected chi connectivity index (χ1v) is 32.9. The van der Waals surface area contributed by atoms with Gasteiger partial charge in [-0.2, -0.15) is 0 Å². The van der Waals surface area contributed by atoms with E-state index in [0.717, 1.165) is 122 Å². The molecular formula is C72H122O6. The third-order valence-corrected chi connectivity index (χ3v) is 14.0. The Bertz CT molecular complexity index is 1570. The normalized spacial score (nSPS) is 12.8. The Balaban J connectivity index is 4.39. The molecule has 0 N–H and O–H groups in total. The van der Waals surface area contributed by atoms with E-state index < -0.39 is 6.10 Å². The summed E-state index contributed by atoms with van der Waals surface area (Å²) in [7, 11) is 0. The summed E-state index contributed by atoms with van der Waals surface area (Å²) in [5, 5.41) is 0. The number of rotatable bonds is 59. The lowest BCUT2D eigenvalue weighted by atomic mass is 10.1. The Morgan fingerprint density at radius 1 is 0.269 bits per heavy atom. The molecule has 0 aromatic carbocycles. The van der Waals surface area contributed by atoms with Gasteiger partial charge in [0.15, 0.2) is 6.10 Å². The van der Waals surface area contributed by atoms with E-state index in [1.165, 1.54) is 148 Å². The molecule has 6 heteroatoms. The van der Waals surface area contributed by atoms with E-state index in [1.54, 1.807) is 0 Å². The highest BCUT2D eigenvalue weighted by atomic mass is 16.6. The second-order valence-electron chi connectivity index (χ2n) is 21.6. The molecule has 0 aromatic heterocycles. The van der Waals surface area contributed by atoms with E-state index in [9.17, 15) is 14.4 Å². The smallest absolute Gasteiger partial charge is 0.306 e. The molecule has 0 amide bonds. The van der Waals surface area contributed by atoms with Crippen molar-refractivity contribution >= 4 is 17.9 Å². The van der Waals surface area contributed by atoms with Crippen molar-refractivity contribution in [2.45, 2.75) is 316 Å². The molecule has 446 valence electrons. The Morgan fingerprint density at radius 3 is 0.795 bits per heavy atom. The van der Waals surface area contributed by atoms with E-state index in [1.807, 2.05) is 0 Å². The highest BCUT2D eigenvalue weighted by Gasteiger charge is 2.19. The van der Waals surface area contributed by atoms with Gasteiger partial charge in [-0.3, -0.25) is 14.4 Å². The van der Waals surface area contributed by atoms with Crippen LogP contribution in [0.2, 0.25) is 0 Å². The predicted molar refractivity (Wildman–Crippen MR) is 339 cm³/mol. The maximum atomic E-state index is 12.9. The van der Waals surface area contributed by atoms with E-state index in [0.29, 0.717) is 19.3 Å². The first kappa shape index (κ1) is 74.1. The quantitative estimate of drug-likeness (QED) is 0.0261. The molecule has 0 saturated carbocycles. The summed E-state index contributed by atoms with van der Waals surface area (Å²) >= 11 is 0. The SMILES string of the molecule is CC/C=C\C/C=C\C/C=C\C/C=C\C/C=C\CCCCCCCCCCCC(=O)OCC(COC(=O)CCCCCCCCC/C=C\C/C=C\C/C=C\CC)OC(=O)CCCCCCCCC/C=C\CCCCCCCCC. The Labute approximate surface area is 482 Å². The molecule has 0 bridgehead atoms. The van der Waals surface area contributed by atoms with Crippen LogP contribution >= 0.6 is 0 Å². The van der Waals surface area contributed by atoms with Crippen molar-refractivity contribution in [3.05, 3.63) is 109 Å². The van der Waals surface area contributed by atoms with Crippen LogP contribution < -0.4 is 0 Å². The average Bonchev–Trinajstić information content (AvgIpc) is 3.44. The zero-order chi connectivity index (χ0) is 56.4. The van der Waals surface area contributed by atoms with Crippen LogP contribution in [-0.4, -0.2) is 37.2 Å². The van der Waals surface area contributed by atoms with E-state index in [2.05, 4.69) is 130 Å². The summed E-state index contributed by atoms with van der Waals surface area (Å²) in [6.07, 6.45) is 89.5. The second-order valence-corrected chi connectivity index (χ2v) is 21.6. The molecule has 0 spiro atoms. The molecule has 0 aliphatic carbocycles. The summed E-state index contributed by atoms with van der Waals surface area (Å²) in [5.74, 6) is -0.896. The molecular weight excluding hydrogens is 961 g/mol. The first-order valence-electron chi connectivity index (χ1n) is 32.9. The van der Waals surface area contributed by atoms with E-state index in [4.69, 9.17) is 14.2 Å². The zero-order valence-corrected chi connectivity index (χ0v) is 51.2. The summed E-state index contributed by atoms with van der Waals surface area (Å²) in [6, 6.07) is 0. The van der Waals surface area contributed by atoms with E-state index >= 15 is 0 Å². The number of carbonyl (C=O) groups is 3. The van der Waals surface area contributed by atoms with Crippen LogP contribution in [0.15, 0.2) is 109 Å². The number of hydrogen-bond acceptors (Lipinski definition) is 6. The third kappa shape index (κ3) is 62.9. The lowest BCUT2D eigenvalue weighted by Gasteiger charge is -2.18. The zero-order valence-electron chi connectivity index (χ0n) is 51.2. The summed E-state index contributed by atoms with van der Waals surface area (Å²) in [4.78, 5) is 38.4. The maximum absolute atomic E-state index is 12.9. The van der Waals surface area contributed by atoms with Gasteiger partial charge in [0.1, 0.15) is 13.2 Å². The van der Waals surface area contributed by atoms with Gasteiger partial charge in [-0.15, -0.1) is 0 Å². The summed E-state index contributed by atoms with van der Waals surface area (Å²) in [6.45, 7) is 6.43. The van der Waals surface area contributed by atoms with E-state index in [-0.39, 0.29) is 31.1 Å². The van der Waals surface area contributed by atoms with Gasteiger partial charge in [-0.25, -0.2) is 0 Å². The molecule has 0 aliphatic rings. The lowest BCUT2D eigenvalue weighted by Crippen LogP contribution is -2.30. The van der Waals surface area contributed by atoms with Crippen LogP contribution in [0.25, 0.3) is 0 Å². The van der Waals surface area contributed by atoms with Crippen molar-refractivity contribution in [1.29, 1.82) is 0 Å². The molecule has 0 aromatic rings. The fourth-order valence-corrected chi connectivity index (χ4v) is 9.13. The van der Waals surface area contributed by atoms with Crippen LogP contribution in [0.3, 0.4) is 0 Å². The van der Waals surface area contributed by atoms with Gasteiger partial charge in [-0.05, 0) is 122 Å². The Kier molecular flexibility index (Phi) is 62.3. The van der Waals surface area contributed by atoms with Crippen molar-refractivity contribution in [2.75, 3.05) is 13.2 Å². The minimum absolute atomic E-state index is 0.0863. The average molecular weight is 1080 g/mol. The van der Waals surface area contributed by atoms with Crippen molar-refractivity contribution in [2.24, 2.45) is 0 Å². The molecule has 0 radical (unpaired) electrons. The fraction of sp³-hybridized carbons (Fsp3) is 0.708. The maximum Gasteiger partial charge on any atom is 0.306 e. The highest BCUT2D eigenvalue weighted by Crippen LogP contribution is 2.16. The summed E-state index contributed by atoms with van der Waals surface area (Å²) in [5.41, 5.74) is 0. The number of ether oxygens (including phenoxy) is 3. The molecule has 0 aliphatic heterocycles. The van der Waals surface area contributed by atoms with Crippen LogP contribution in [-0.2, 0) is 28.6 Å². The van der Waals surface area contributed by atoms with Crippen molar-refractivity contribution in [3.63, 3.8) is 0 Å². The van der Waals surface area contributed by atoms with Crippen molar-refractivity contribution in [3.8, 4) is 0 Å². The molecule has 6 nitrogen and oxygen atoms in total. The molecule has 78 heavy (non-hydrogen) atoms. The third-order valence-electron chi connectivity index (χ3n) is 14.0. The van der Waals surface area contributed by atoms with Crippen LogP contribution in [0.5, 0.6) is 0 Å². The standard InChI is InChI=1S/C72H122O6/c1-4-7-10-13-16-19-22-25-28-31-33-34-35-36-37-38-39-42-44-47-50-53-56-59-62-65-71(74)77-68-69(67-76-70(73)64-61-58-55-52-49-46-43-40-30-27-24-21-18-15-12-9-6-3)78-72(75)66-63-60-57-54-51-48-45-41-32-29-26-23-20-17-14-11-8-5-2/h7,9-10,12,16,18-19,21,25,27-30,32-34,36-37,69H,4-6,8,11,13-15,17,20,22-24,26,31,35,38-68H2,1-3H3/b10-7-,12-9-,19-16-,21-18-,28-25-,30-27-,32-29-,34-33-,37-36-. The number of unbranched alkanes of at least 4 members (excludes halogenated alkanes) is 30. The highest BCUT2D eigenvalue weighted by molar-refractivity contribution is 5.71. The van der Waals surface area contributed by atoms with Gasteiger partial charge < -0.3 is 14.2 Å². The van der Waals surface area contributed by atoms with Gasteiger partial charge in [-0.1, -0.05) is 278 Å². The first-order chi connectivity index (χ1) is 38.5. The minimum atomic E-state index is -0.790. The Hall–Kier alpha value is -3.93. The summed E-state index contributed by atoms with van der Waals surface area (Å²) < 4.78 is 17.0. The number of esters is 3. The van der Waals surface area contributed by atoms with Crippen molar-refractivity contribution < 1.29 is 28.6 Å². The van der Waals surface area contributed by atoms with Gasteiger partial charge in [0.05, 0.1) is 0 Å². The number of carbonyl (C=O) groups excluding carboxylic acids is 3. The molecule has 0 saturated heterocycles. The molecule has 0 heterocycles. The molecule has 1 unspecified atom stereocenters. The van der Waals surface area contributed by atoms with Gasteiger partial charge in [0.25, 0.3) is 0 Å². The van der Waals surface area contributed by atoms with Gasteiger partial charge in [0.2, 0.25) is 0 Å². The fourth-order valence-electron chi connectivity index (χ4n) is 9.13. The largest absolute Gasteiger partial charge is 0.462 e. The second kappa shape index (κ2) is 65.6. The van der Waals surface area contributed by atoms with Crippen LogP contribution in [0, 0.1) is 0 Å². The van der Waals surface area contributed by atoms with Gasteiger partial charge in [0, 0.05) is 19.3 Å². The van der Waals surface area contributed by atoms with Gasteiger partial charge >= 0.3 is 17.9 Å². The number of allylic oxidation sites excluding steroid dienone is 18.